The third-order valence-electron chi connectivity index (χ3n) is 1.47. The van der Waals surface area contributed by atoms with Crippen LogP contribution in [0, 0.1) is 0 Å². The lowest BCUT2D eigenvalue weighted by Gasteiger charge is -2.20. The van der Waals surface area contributed by atoms with Crippen LogP contribution in [0.25, 0.3) is 0 Å². The number of hydrogen-bond acceptors (Lipinski definition) is 2. The van der Waals surface area contributed by atoms with Crippen LogP contribution in [0.15, 0.2) is 18.3 Å². The Kier molecular flexibility index (Phi) is 2.93. The number of aromatic nitrogens is 1. The lowest BCUT2D eigenvalue weighted by molar-refractivity contribution is -0.137. The maximum absolute atomic E-state index is 12.2. The van der Waals surface area contributed by atoms with Crippen LogP contribution in [0.1, 0.15) is 26.3 Å². The third kappa shape index (κ3) is 3.77. The predicted molar refractivity (Wildman–Crippen MR) is 49.6 cm³/mol. The number of ether oxygens (including phenoxy) is 1. The average Bonchev–Trinajstić information content (AvgIpc) is 2.00. The molecule has 0 spiro atoms. The van der Waals surface area contributed by atoms with Gasteiger partial charge >= 0.3 is 6.18 Å². The standard InChI is InChI=1S/C10H12F3NO/c1-9(2,3)15-8-5-4-7(6-14-8)10(11,12)13/h4-6H,1-3H3. The van der Waals surface area contributed by atoms with Crippen LogP contribution < -0.4 is 4.74 Å². The Balaban J connectivity index is 2.82. The minimum absolute atomic E-state index is 0.190. The van der Waals surface area contributed by atoms with Crippen LogP contribution in [0.2, 0.25) is 0 Å². The zero-order valence-electron chi connectivity index (χ0n) is 8.72. The molecule has 1 heterocycles. The van der Waals surface area contributed by atoms with E-state index >= 15 is 0 Å². The van der Waals surface area contributed by atoms with Crippen LogP contribution in [0.4, 0.5) is 13.2 Å². The number of halogens is 3. The highest BCUT2D eigenvalue weighted by molar-refractivity contribution is 5.20. The Bertz CT molecular complexity index is 324. The van der Waals surface area contributed by atoms with Crippen molar-refractivity contribution >= 4 is 0 Å². The highest BCUT2D eigenvalue weighted by Crippen LogP contribution is 2.29. The number of hydrogen-bond donors (Lipinski definition) is 0. The van der Waals surface area contributed by atoms with Crippen molar-refractivity contribution in [2.24, 2.45) is 0 Å². The maximum atomic E-state index is 12.2. The van der Waals surface area contributed by atoms with Gasteiger partial charge < -0.3 is 4.74 Å². The van der Waals surface area contributed by atoms with Gasteiger partial charge in [-0.05, 0) is 26.8 Å². The lowest BCUT2D eigenvalue weighted by Crippen LogP contribution is -2.23. The summed E-state index contributed by atoms with van der Waals surface area (Å²) in [6.07, 6.45) is -3.59. The summed E-state index contributed by atoms with van der Waals surface area (Å²) < 4.78 is 41.8. The number of pyridine rings is 1. The number of nitrogens with zero attached hydrogens (tertiary/aromatic N) is 1. The van der Waals surface area contributed by atoms with Gasteiger partial charge in [0.05, 0.1) is 5.56 Å². The molecule has 0 saturated heterocycles. The fourth-order valence-corrected chi connectivity index (χ4v) is 0.922. The van der Waals surface area contributed by atoms with Gasteiger partial charge in [0.25, 0.3) is 0 Å². The van der Waals surface area contributed by atoms with E-state index < -0.39 is 17.3 Å². The van der Waals surface area contributed by atoms with Crippen molar-refractivity contribution in [3.63, 3.8) is 0 Å². The van der Waals surface area contributed by atoms with Crippen molar-refractivity contribution < 1.29 is 17.9 Å². The summed E-state index contributed by atoms with van der Waals surface area (Å²) in [6.45, 7) is 5.39. The Morgan fingerprint density at radius 2 is 1.73 bits per heavy atom. The molecule has 0 bridgehead atoms. The molecule has 0 saturated carbocycles. The molecule has 5 heteroatoms. The molecule has 0 radical (unpaired) electrons. The first-order chi connectivity index (χ1) is 6.68. The van der Waals surface area contributed by atoms with Gasteiger partial charge in [-0.25, -0.2) is 4.98 Å². The van der Waals surface area contributed by atoms with Gasteiger partial charge in [-0.3, -0.25) is 0 Å². The van der Waals surface area contributed by atoms with E-state index in [1.54, 1.807) is 20.8 Å². The number of alkyl halides is 3. The van der Waals surface area contributed by atoms with Crippen LogP contribution in [0.5, 0.6) is 5.88 Å². The molecule has 15 heavy (non-hydrogen) atoms. The normalized spacial score (nSPS) is 12.7. The summed E-state index contributed by atoms with van der Waals surface area (Å²) >= 11 is 0. The monoisotopic (exact) mass is 219 g/mol. The molecular weight excluding hydrogens is 207 g/mol. The Morgan fingerprint density at radius 1 is 1.13 bits per heavy atom. The molecule has 0 unspecified atom stereocenters. The molecule has 1 aromatic rings. The van der Waals surface area contributed by atoms with Gasteiger partial charge in [-0.1, -0.05) is 0 Å². The van der Waals surface area contributed by atoms with Crippen molar-refractivity contribution in [1.82, 2.24) is 4.98 Å². The second-order valence-corrected chi connectivity index (χ2v) is 4.10. The minimum Gasteiger partial charge on any atom is -0.472 e. The van der Waals surface area contributed by atoms with Crippen LogP contribution in [0.3, 0.4) is 0 Å². The molecule has 0 aliphatic heterocycles. The second-order valence-electron chi connectivity index (χ2n) is 4.10. The molecule has 2 nitrogen and oxygen atoms in total. The second kappa shape index (κ2) is 3.72. The summed E-state index contributed by atoms with van der Waals surface area (Å²) in [5.74, 6) is 0.190. The van der Waals surface area contributed by atoms with E-state index in [4.69, 9.17) is 4.74 Å². The summed E-state index contributed by atoms with van der Waals surface area (Å²) in [7, 11) is 0. The largest absolute Gasteiger partial charge is 0.472 e. The lowest BCUT2D eigenvalue weighted by atomic mass is 10.2. The molecule has 0 aromatic carbocycles. The summed E-state index contributed by atoms with van der Waals surface area (Å²) in [6, 6.07) is 2.17. The van der Waals surface area contributed by atoms with Crippen LogP contribution in [-0.2, 0) is 6.18 Å². The molecule has 0 aliphatic rings. The summed E-state index contributed by atoms with van der Waals surface area (Å²) in [4.78, 5) is 3.59. The maximum Gasteiger partial charge on any atom is 0.417 e. The van der Waals surface area contributed by atoms with E-state index in [1.807, 2.05) is 0 Å². The Morgan fingerprint density at radius 3 is 2.07 bits per heavy atom. The predicted octanol–water partition coefficient (Wildman–Crippen LogP) is 3.28. The molecule has 84 valence electrons. The summed E-state index contributed by atoms with van der Waals surface area (Å²) in [5.41, 5.74) is -1.24. The van der Waals surface area contributed by atoms with Crippen LogP contribution in [-0.4, -0.2) is 10.6 Å². The topological polar surface area (TPSA) is 22.1 Å². The molecule has 1 rings (SSSR count). The zero-order chi connectivity index (χ0) is 11.7. The highest BCUT2D eigenvalue weighted by atomic mass is 19.4. The van der Waals surface area contributed by atoms with E-state index in [2.05, 4.69) is 4.98 Å². The van der Waals surface area contributed by atoms with Gasteiger partial charge in [0.15, 0.2) is 0 Å². The fourth-order valence-electron chi connectivity index (χ4n) is 0.922. The van der Waals surface area contributed by atoms with E-state index in [1.165, 1.54) is 6.07 Å². The average molecular weight is 219 g/mol. The Labute approximate surface area is 86.1 Å². The van der Waals surface area contributed by atoms with E-state index in [0.717, 1.165) is 12.3 Å². The third-order valence-corrected chi connectivity index (χ3v) is 1.47. The van der Waals surface area contributed by atoms with Crippen molar-refractivity contribution in [3.8, 4) is 5.88 Å². The molecule has 0 aliphatic carbocycles. The van der Waals surface area contributed by atoms with E-state index in [0.29, 0.717) is 0 Å². The molecule has 0 N–H and O–H groups in total. The molecule has 1 aromatic heterocycles. The molecule has 0 fully saturated rings. The van der Waals surface area contributed by atoms with Crippen molar-refractivity contribution in [2.45, 2.75) is 32.5 Å². The van der Waals surface area contributed by atoms with E-state index in [-0.39, 0.29) is 5.88 Å². The van der Waals surface area contributed by atoms with Gasteiger partial charge in [0.2, 0.25) is 5.88 Å². The highest BCUT2D eigenvalue weighted by Gasteiger charge is 2.30. The van der Waals surface area contributed by atoms with Crippen LogP contribution >= 0.6 is 0 Å². The quantitative estimate of drug-likeness (QED) is 0.723. The SMILES string of the molecule is CC(C)(C)Oc1ccc(C(F)(F)F)cn1. The fraction of sp³-hybridized carbons (Fsp3) is 0.500. The molecule has 0 atom stereocenters. The van der Waals surface area contributed by atoms with Crippen molar-refractivity contribution in [3.05, 3.63) is 23.9 Å². The first kappa shape index (κ1) is 11.8. The Hall–Kier alpha value is -1.26. The van der Waals surface area contributed by atoms with Crippen molar-refractivity contribution in [2.75, 3.05) is 0 Å². The summed E-state index contributed by atoms with van der Waals surface area (Å²) in [5, 5.41) is 0. The minimum atomic E-state index is -4.35. The first-order valence-electron chi connectivity index (χ1n) is 4.41. The smallest absolute Gasteiger partial charge is 0.417 e. The van der Waals surface area contributed by atoms with Gasteiger partial charge in [-0.2, -0.15) is 13.2 Å². The zero-order valence-corrected chi connectivity index (χ0v) is 8.72. The molecular formula is C10H12F3NO. The van der Waals surface area contributed by atoms with Crippen molar-refractivity contribution in [1.29, 1.82) is 0 Å². The first-order valence-corrected chi connectivity index (χ1v) is 4.41. The van der Waals surface area contributed by atoms with Gasteiger partial charge in [-0.15, -0.1) is 0 Å². The molecule has 0 amide bonds. The van der Waals surface area contributed by atoms with Gasteiger partial charge in [0.1, 0.15) is 5.60 Å². The van der Waals surface area contributed by atoms with E-state index in [9.17, 15) is 13.2 Å². The van der Waals surface area contributed by atoms with Gasteiger partial charge in [0, 0.05) is 12.3 Å². The number of rotatable bonds is 1.